The number of hydrogen-bond donors (Lipinski definition) is 0. The molecule has 0 radical (unpaired) electrons. The van der Waals surface area contributed by atoms with Gasteiger partial charge in [0.2, 0.25) is 0 Å². The molecule has 27 heavy (non-hydrogen) atoms. The largest absolute Gasteiger partial charge is 0.465 e. The van der Waals surface area contributed by atoms with Crippen LogP contribution < -0.4 is 5.43 Å². The van der Waals surface area contributed by atoms with Crippen molar-refractivity contribution in [2.24, 2.45) is 0 Å². The standard InChI is InChI=1S/C21H24O6/c1-5-7-9-13-12-27-19(14(6-2)18(13)22)17-15(20(23)25-3)10-8-11-16(17)21(24)26-4/h8,10-12H,5-7,9H2,1-4H3. The van der Waals surface area contributed by atoms with E-state index in [0.29, 0.717) is 24.0 Å². The molecule has 0 spiro atoms. The minimum atomic E-state index is -0.629. The second-order valence-electron chi connectivity index (χ2n) is 6.07. The lowest BCUT2D eigenvalue weighted by molar-refractivity contribution is 0.0600. The van der Waals surface area contributed by atoms with Gasteiger partial charge in [-0.05, 0) is 31.4 Å². The van der Waals surface area contributed by atoms with Gasteiger partial charge in [-0.3, -0.25) is 4.79 Å². The van der Waals surface area contributed by atoms with E-state index in [-0.39, 0.29) is 27.9 Å². The molecule has 0 aliphatic carbocycles. The summed E-state index contributed by atoms with van der Waals surface area (Å²) in [6.45, 7) is 3.88. The Kier molecular flexibility index (Phi) is 6.93. The third-order valence-corrected chi connectivity index (χ3v) is 4.41. The number of carbonyl (C=O) groups excluding carboxylic acids is 2. The molecule has 0 saturated heterocycles. The van der Waals surface area contributed by atoms with Gasteiger partial charge in [-0.25, -0.2) is 9.59 Å². The van der Waals surface area contributed by atoms with Gasteiger partial charge in [0, 0.05) is 16.7 Å². The molecule has 6 heteroatoms. The summed E-state index contributed by atoms with van der Waals surface area (Å²) in [6.07, 6.45) is 4.27. The average molecular weight is 372 g/mol. The molecule has 0 bridgehead atoms. The topological polar surface area (TPSA) is 82.8 Å². The monoisotopic (exact) mass is 372 g/mol. The smallest absolute Gasteiger partial charge is 0.338 e. The fourth-order valence-corrected chi connectivity index (χ4v) is 2.98. The lowest BCUT2D eigenvalue weighted by Crippen LogP contribution is -2.17. The zero-order valence-electron chi connectivity index (χ0n) is 16.1. The molecule has 0 aliphatic rings. The minimum Gasteiger partial charge on any atom is -0.465 e. The second-order valence-corrected chi connectivity index (χ2v) is 6.07. The number of benzene rings is 1. The summed E-state index contributed by atoms with van der Waals surface area (Å²) in [4.78, 5) is 37.4. The number of aryl methyl sites for hydroxylation is 1. The van der Waals surface area contributed by atoms with Gasteiger partial charge in [-0.1, -0.05) is 26.3 Å². The van der Waals surface area contributed by atoms with Crippen LogP contribution in [-0.2, 0) is 22.3 Å². The van der Waals surface area contributed by atoms with E-state index in [4.69, 9.17) is 13.9 Å². The molecule has 0 saturated carbocycles. The van der Waals surface area contributed by atoms with Gasteiger partial charge in [-0.2, -0.15) is 0 Å². The van der Waals surface area contributed by atoms with Crippen LogP contribution in [0.4, 0.5) is 0 Å². The number of methoxy groups -OCH3 is 2. The van der Waals surface area contributed by atoms with Gasteiger partial charge in [0.1, 0.15) is 5.76 Å². The van der Waals surface area contributed by atoms with E-state index < -0.39 is 11.9 Å². The zero-order valence-corrected chi connectivity index (χ0v) is 16.1. The van der Waals surface area contributed by atoms with Crippen molar-refractivity contribution in [3.8, 4) is 11.3 Å². The molecular weight excluding hydrogens is 348 g/mol. The molecule has 2 rings (SSSR count). The maximum absolute atomic E-state index is 12.9. The Morgan fingerprint density at radius 2 is 1.63 bits per heavy atom. The number of rotatable bonds is 7. The van der Waals surface area contributed by atoms with Gasteiger partial charge in [0.15, 0.2) is 5.43 Å². The van der Waals surface area contributed by atoms with Crippen LogP contribution in [0.15, 0.2) is 33.7 Å². The van der Waals surface area contributed by atoms with Crippen molar-refractivity contribution in [2.45, 2.75) is 39.5 Å². The zero-order chi connectivity index (χ0) is 20.0. The van der Waals surface area contributed by atoms with Crippen LogP contribution in [0.5, 0.6) is 0 Å². The lowest BCUT2D eigenvalue weighted by atomic mass is 9.94. The van der Waals surface area contributed by atoms with Crippen LogP contribution in [0.1, 0.15) is 58.5 Å². The number of esters is 2. The Morgan fingerprint density at radius 3 is 2.11 bits per heavy atom. The molecule has 0 unspecified atom stereocenters. The molecule has 6 nitrogen and oxygen atoms in total. The van der Waals surface area contributed by atoms with Gasteiger partial charge in [-0.15, -0.1) is 0 Å². The number of ether oxygens (including phenoxy) is 2. The number of carbonyl (C=O) groups is 2. The molecule has 0 N–H and O–H groups in total. The van der Waals surface area contributed by atoms with Gasteiger partial charge < -0.3 is 13.9 Å². The van der Waals surface area contributed by atoms with Crippen LogP contribution in [0, 0.1) is 0 Å². The van der Waals surface area contributed by atoms with E-state index in [1.807, 2.05) is 13.8 Å². The van der Waals surface area contributed by atoms with Crippen molar-refractivity contribution < 1.29 is 23.5 Å². The summed E-state index contributed by atoms with van der Waals surface area (Å²) in [6, 6.07) is 4.61. The molecule has 1 aromatic carbocycles. The quantitative estimate of drug-likeness (QED) is 0.688. The first-order valence-corrected chi connectivity index (χ1v) is 8.93. The Morgan fingerprint density at radius 1 is 1.04 bits per heavy atom. The normalized spacial score (nSPS) is 10.5. The van der Waals surface area contributed by atoms with Crippen LogP contribution in [-0.4, -0.2) is 26.2 Å². The summed E-state index contributed by atoms with van der Waals surface area (Å²) in [5.41, 5.74) is 1.38. The van der Waals surface area contributed by atoms with Crippen molar-refractivity contribution in [2.75, 3.05) is 14.2 Å². The molecule has 0 aliphatic heterocycles. The van der Waals surface area contributed by atoms with Crippen molar-refractivity contribution in [3.63, 3.8) is 0 Å². The first-order chi connectivity index (χ1) is 13.0. The van der Waals surface area contributed by atoms with E-state index in [9.17, 15) is 14.4 Å². The van der Waals surface area contributed by atoms with E-state index in [1.165, 1.54) is 32.6 Å². The fraction of sp³-hybridized carbons (Fsp3) is 0.381. The average Bonchev–Trinajstić information content (AvgIpc) is 2.70. The summed E-state index contributed by atoms with van der Waals surface area (Å²) in [5, 5.41) is 0. The van der Waals surface area contributed by atoms with Crippen molar-refractivity contribution >= 4 is 11.9 Å². The predicted octanol–water partition coefficient (Wildman–Crippen LogP) is 3.79. The molecule has 1 aromatic heterocycles. The molecule has 2 aromatic rings. The maximum Gasteiger partial charge on any atom is 0.338 e. The van der Waals surface area contributed by atoms with Crippen LogP contribution in [0.3, 0.4) is 0 Å². The Hall–Kier alpha value is -2.89. The van der Waals surface area contributed by atoms with Crippen LogP contribution >= 0.6 is 0 Å². The highest BCUT2D eigenvalue weighted by atomic mass is 16.5. The van der Waals surface area contributed by atoms with Gasteiger partial charge >= 0.3 is 11.9 Å². The van der Waals surface area contributed by atoms with E-state index in [2.05, 4.69) is 0 Å². The van der Waals surface area contributed by atoms with E-state index in [0.717, 1.165) is 12.8 Å². The Bertz CT molecular complexity index is 860. The van der Waals surface area contributed by atoms with Crippen LogP contribution in [0.2, 0.25) is 0 Å². The summed E-state index contributed by atoms with van der Waals surface area (Å²) < 4.78 is 15.5. The first-order valence-electron chi connectivity index (χ1n) is 8.93. The van der Waals surface area contributed by atoms with E-state index in [1.54, 1.807) is 6.07 Å². The highest BCUT2D eigenvalue weighted by Gasteiger charge is 2.26. The SMILES string of the molecule is CCCCc1coc(-c2c(C(=O)OC)cccc2C(=O)OC)c(CC)c1=O. The minimum absolute atomic E-state index is 0.123. The summed E-state index contributed by atoms with van der Waals surface area (Å²) >= 11 is 0. The van der Waals surface area contributed by atoms with E-state index >= 15 is 0 Å². The molecule has 144 valence electrons. The summed E-state index contributed by atoms with van der Waals surface area (Å²) in [7, 11) is 2.50. The van der Waals surface area contributed by atoms with Crippen molar-refractivity contribution in [3.05, 3.63) is 56.9 Å². The number of hydrogen-bond acceptors (Lipinski definition) is 6. The Labute approximate surface area is 158 Å². The van der Waals surface area contributed by atoms with Crippen LogP contribution in [0.25, 0.3) is 11.3 Å². The third-order valence-electron chi connectivity index (χ3n) is 4.41. The number of unbranched alkanes of at least 4 members (excludes halogenated alkanes) is 1. The molecule has 0 amide bonds. The van der Waals surface area contributed by atoms with Gasteiger partial charge in [0.25, 0.3) is 0 Å². The molecule has 1 heterocycles. The first kappa shape index (κ1) is 20.4. The van der Waals surface area contributed by atoms with Gasteiger partial charge in [0.05, 0.1) is 31.6 Å². The van der Waals surface area contributed by atoms with Crippen molar-refractivity contribution in [1.29, 1.82) is 0 Å². The molecular formula is C21H24O6. The lowest BCUT2D eigenvalue weighted by Gasteiger charge is -2.15. The maximum atomic E-state index is 12.9. The Balaban J connectivity index is 2.80. The molecule has 0 atom stereocenters. The molecule has 0 fully saturated rings. The van der Waals surface area contributed by atoms with Crippen molar-refractivity contribution in [1.82, 2.24) is 0 Å². The second kappa shape index (κ2) is 9.16. The predicted molar refractivity (Wildman–Crippen MR) is 101 cm³/mol. The fourth-order valence-electron chi connectivity index (χ4n) is 2.98. The summed E-state index contributed by atoms with van der Waals surface area (Å²) in [5.74, 6) is -1.06. The highest BCUT2D eigenvalue weighted by molar-refractivity contribution is 6.05. The third kappa shape index (κ3) is 4.10. The highest BCUT2D eigenvalue weighted by Crippen LogP contribution is 2.31.